The first-order valence-corrected chi connectivity index (χ1v) is 18.4. The fourth-order valence-corrected chi connectivity index (χ4v) is 8.26. The van der Waals surface area contributed by atoms with E-state index < -0.39 is 0 Å². The zero-order valence-electron chi connectivity index (χ0n) is 29.3. The smallest absolute Gasteiger partial charge is 0.235 e. The number of hydrogen-bond donors (Lipinski definition) is 1. The Morgan fingerprint density at radius 2 is 1.09 bits per heavy atom. The Kier molecular flexibility index (Phi) is 6.85. The van der Waals surface area contributed by atoms with Gasteiger partial charge in [0.25, 0.3) is 0 Å². The van der Waals surface area contributed by atoms with Crippen molar-refractivity contribution in [3.05, 3.63) is 199 Å². The Balaban J connectivity index is 1.20. The Morgan fingerprint density at radius 1 is 0.481 bits per heavy atom. The summed E-state index contributed by atoms with van der Waals surface area (Å²) in [7, 11) is 0. The van der Waals surface area contributed by atoms with Gasteiger partial charge in [-0.3, -0.25) is 4.57 Å². The molecule has 0 radical (unpaired) electrons. The van der Waals surface area contributed by atoms with Gasteiger partial charge in [0.05, 0.1) is 39.5 Å². The summed E-state index contributed by atoms with van der Waals surface area (Å²) >= 11 is 0. The van der Waals surface area contributed by atoms with Crippen LogP contribution in [0.4, 0.5) is 0 Å². The van der Waals surface area contributed by atoms with E-state index in [2.05, 4.69) is 196 Å². The second-order valence-electron chi connectivity index (χ2n) is 13.9. The molecular formula is C49H33N5. The van der Waals surface area contributed by atoms with Crippen LogP contribution >= 0.6 is 0 Å². The van der Waals surface area contributed by atoms with Crippen molar-refractivity contribution in [2.75, 3.05) is 0 Å². The lowest BCUT2D eigenvalue weighted by molar-refractivity contribution is 0.813. The molecule has 9 aromatic rings. The van der Waals surface area contributed by atoms with Crippen molar-refractivity contribution in [1.29, 1.82) is 0 Å². The highest BCUT2D eigenvalue weighted by molar-refractivity contribution is 6.23. The van der Waals surface area contributed by atoms with Gasteiger partial charge < -0.3 is 9.88 Å². The number of para-hydroxylation sites is 3. The summed E-state index contributed by atoms with van der Waals surface area (Å²) in [6.07, 6.45) is 12.9. The van der Waals surface area contributed by atoms with Crippen LogP contribution < -0.4 is 5.32 Å². The van der Waals surface area contributed by atoms with Gasteiger partial charge in [-0.15, -0.1) is 0 Å². The molecule has 5 heteroatoms. The van der Waals surface area contributed by atoms with Crippen molar-refractivity contribution < 1.29 is 0 Å². The van der Waals surface area contributed by atoms with Gasteiger partial charge in [-0.25, -0.2) is 9.97 Å². The molecule has 1 aliphatic carbocycles. The summed E-state index contributed by atoms with van der Waals surface area (Å²) in [4.78, 5) is 10.8. The number of dihydropyridines is 1. The summed E-state index contributed by atoms with van der Waals surface area (Å²) in [6.45, 7) is 0. The van der Waals surface area contributed by atoms with Crippen LogP contribution in [0.2, 0.25) is 0 Å². The van der Waals surface area contributed by atoms with Gasteiger partial charge >= 0.3 is 0 Å². The minimum absolute atomic E-state index is 0.160. The van der Waals surface area contributed by atoms with E-state index in [1.807, 2.05) is 6.07 Å². The molecule has 0 saturated carbocycles. The van der Waals surface area contributed by atoms with E-state index in [1.54, 1.807) is 0 Å². The van der Waals surface area contributed by atoms with E-state index in [-0.39, 0.29) is 6.04 Å². The minimum Gasteiger partial charge on any atom is -0.374 e. The maximum Gasteiger partial charge on any atom is 0.235 e. The highest BCUT2D eigenvalue weighted by Crippen LogP contribution is 2.41. The largest absolute Gasteiger partial charge is 0.374 e. The average Bonchev–Trinajstić information content (AvgIpc) is 3.77. The van der Waals surface area contributed by atoms with E-state index in [9.17, 15) is 0 Å². The summed E-state index contributed by atoms with van der Waals surface area (Å²) in [6, 6.07) is 53.9. The van der Waals surface area contributed by atoms with Crippen LogP contribution in [0, 0.1) is 0 Å². The predicted molar refractivity (Wildman–Crippen MR) is 223 cm³/mol. The van der Waals surface area contributed by atoms with Crippen LogP contribution in [0.25, 0.3) is 83.5 Å². The molecule has 54 heavy (non-hydrogen) atoms. The van der Waals surface area contributed by atoms with Gasteiger partial charge in [0.15, 0.2) is 0 Å². The predicted octanol–water partition coefficient (Wildman–Crippen LogP) is 11.4. The highest BCUT2D eigenvalue weighted by atomic mass is 15.2. The third kappa shape index (κ3) is 4.79. The van der Waals surface area contributed by atoms with Gasteiger partial charge in [0, 0.05) is 44.1 Å². The van der Waals surface area contributed by atoms with E-state index in [0.29, 0.717) is 5.95 Å². The van der Waals surface area contributed by atoms with Crippen molar-refractivity contribution in [2.24, 2.45) is 0 Å². The van der Waals surface area contributed by atoms with Crippen LogP contribution in [0.3, 0.4) is 0 Å². The van der Waals surface area contributed by atoms with Crippen LogP contribution in [-0.4, -0.2) is 25.1 Å². The SMILES string of the molecule is C1=CC2=CC=C(c3cccc(-c4cc(-c5ccccc5)nc(-n5c6ccccc6c6ccc7c8ccccc8n(-c8ccccc8)c7c65)n4)c3)NC2C=C1. The molecule has 1 atom stereocenters. The first kappa shape index (κ1) is 30.4. The molecule has 3 aromatic heterocycles. The van der Waals surface area contributed by atoms with Crippen LogP contribution in [0.1, 0.15) is 5.56 Å². The van der Waals surface area contributed by atoms with E-state index in [0.717, 1.165) is 72.3 Å². The quantitative estimate of drug-likeness (QED) is 0.195. The minimum atomic E-state index is 0.160. The van der Waals surface area contributed by atoms with E-state index in [4.69, 9.17) is 9.97 Å². The third-order valence-corrected chi connectivity index (χ3v) is 10.8. The zero-order chi connectivity index (χ0) is 35.6. The lowest BCUT2D eigenvalue weighted by Crippen LogP contribution is -2.30. The zero-order valence-corrected chi connectivity index (χ0v) is 29.3. The highest BCUT2D eigenvalue weighted by Gasteiger charge is 2.23. The number of nitrogens with one attached hydrogen (secondary N) is 1. The Hall–Kier alpha value is -7.24. The molecule has 0 bridgehead atoms. The summed E-state index contributed by atoms with van der Waals surface area (Å²) in [5.41, 5.74) is 12.8. The summed E-state index contributed by atoms with van der Waals surface area (Å²) in [5, 5.41) is 8.43. The molecule has 1 aliphatic heterocycles. The van der Waals surface area contributed by atoms with Crippen molar-refractivity contribution in [3.8, 4) is 34.2 Å². The molecule has 5 nitrogen and oxygen atoms in total. The monoisotopic (exact) mass is 691 g/mol. The fraction of sp³-hybridized carbons (Fsp3) is 0.0204. The number of fused-ring (bicyclic) bond motifs is 8. The van der Waals surface area contributed by atoms with Crippen LogP contribution in [-0.2, 0) is 0 Å². The number of allylic oxidation sites excluding steroid dienone is 4. The van der Waals surface area contributed by atoms with Gasteiger partial charge in [0.1, 0.15) is 0 Å². The molecule has 1 N–H and O–H groups in total. The molecule has 2 aliphatic rings. The number of nitrogens with zero attached hydrogens (tertiary/aromatic N) is 4. The molecule has 4 heterocycles. The molecule has 1 unspecified atom stereocenters. The van der Waals surface area contributed by atoms with Crippen LogP contribution in [0.5, 0.6) is 0 Å². The van der Waals surface area contributed by atoms with Gasteiger partial charge in [0.2, 0.25) is 5.95 Å². The first-order valence-electron chi connectivity index (χ1n) is 18.4. The van der Waals surface area contributed by atoms with Crippen molar-refractivity contribution in [1.82, 2.24) is 24.4 Å². The summed E-state index contributed by atoms with van der Waals surface area (Å²) in [5.74, 6) is 0.627. The molecule has 6 aromatic carbocycles. The number of rotatable bonds is 5. The van der Waals surface area contributed by atoms with E-state index in [1.165, 1.54) is 16.3 Å². The van der Waals surface area contributed by atoms with Gasteiger partial charge in [-0.2, -0.15) is 0 Å². The van der Waals surface area contributed by atoms with Crippen molar-refractivity contribution in [2.45, 2.75) is 6.04 Å². The maximum atomic E-state index is 5.46. The first-order chi connectivity index (χ1) is 26.8. The molecule has 0 fully saturated rings. The number of aromatic nitrogens is 4. The lowest BCUT2D eigenvalue weighted by Gasteiger charge is -2.25. The van der Waals surface area contributed by atoms with Gasteiger partial charge in [-0.05, 0) is 53.6 Å². The number of benzene rings is 6. The Labute approximate surface area is 312 Å². The standard InChI is InChI=1S/C49H33N5/c1-3-14-32(15-4-1)43-31-44(35-18-13-17-34(30-35)42-29-26-33-16-7-10-23-41(33)50-42)52-49(51-43)54-46-25-12-9-22-38(46)40-28-27-39-37-21-8-11-24-45(37)53(47(39)48(40)54)36-19-5-2-6-20-36/h1-31,41,50H. The lowest BCUT2D eigenvalue weighted by atomic mass is 9.96. The van der Waals surface area contributed by atoms with Crippen LogP contribution in [0.15, 0.2) is 194 Å². The Morgan fingerprint density at radius 3 is 1.85 bits per heavy atom. The average molecular weight is 692 g/mol. The molecule has 0 spiro atoms. The normalized spacial score (nSPS) is 15.1. The van der Waals surface area contributed by atoms with Crippen molar-refractivity contribution >= 4 is 49.3 Å². The second kappa shape index (κ2) is 12.2. The number of hydrogen-bond acceptors (Lipinski definition) is 3. The van der Waals surface area contributed by atoms with Crippen molar-refractivity contribution in [3.63, 3.8) is 0 Å². The topological polar surface area (TPSA) is 47.7 Å². The molecule has 0 amide bonds. The fourth-order valence-electron chi connectivity index (χ4n) is 8.26. The molecule has 254 valence electrons. The molecule has 11 rings (SSSR count). The molecular weight excluding hydrogens is 659 g/mol. The maximum absolute atomic E-state index is 5.46. The third-order valence-electron chi connectivity index (χ3n) is 10.8. The van der Waals surface area contributed by atoms with Gasteiger partial charge in [-0.1, -0.05) is 146 Å². The van der Waals surface area contributed by atoms with E-state index >= 15 is 0 Å². The Bertz CT molecular complexity index is 3070. The second-order valence-corrected chi connectivity index (χ2v) is 13.9. The summed E-state index contributed by atoms with van der Waals surface area (Å²) < 4.78 is 4.68. The molecule has 0 saturated heterocycles.